The van der Waals surface area contributed by atoms with E-state index in [9.17, 15) is 0 Å². The molecule has 0 bridgehead atoms. The Kier molecular flexibility index (Phi) is 4.50. The van der Waals surface area contributed by atoms with Crippen LogP contribution in [0.15, 0.2) is 5.38 Å². The molecule has 0 aromatic carbocycles. The van der Waals surface area contributed by atoms with Crippen LogP contribution in [0.3, 0.4) is 0 Å². The summed E-state index contributed by atoms with van der Waals surface area (Å²) in [6.07, 6.45) is 0.907. The highest BCUT2D eigenvalue weighted by atomic mass is 32.1. The Bertz CT molecular complexity index is 352. The van der Waals surface area contributed by atoms with Gasteiger partial charge in [-0.15, -0.1) is 11.3 Å². The molecule has 1 saturated heterocycles. The molecule has 0 spiro atoms. The average Bonchev–Trinajstić information content (AvgIpc) is 2.72. The molecule has 0 aliphatic carbocycles. The molecule has 96 valence electrons. The molecule has 4 nitrogen and oxygen atoms in total. The van der Waals surface area contributed by atoms with Crippen molar-refractivity contribution in [2.24, 2.45) is 5.73 Å². The lowest BCUT2D eigenvalue weighted by Gasteiger charge is -2.37. The van der Waals surface area contributed by atoms with E-state index in [0.717, 1.165) is 32.6 Å². The largest absolute Gasteiger partial charge is 0.330 e. The van der Waals surface area contributed by atoms with Crippen molar-refractivity contribution in [1.29, 1.82) is 0 Å². The van der Waals surface area contributed by atoms with Crippen molar-refractivity contribution in [2.45, 2.75) is 25.9 Å². The predicted molar refractivity (Wildman–Crippen MR) is 72.2 cm³/mol. The third-order valence-electron chi connectivity index (χ3n) is 3.39. The fourth-order valence-electron chi connectivity index (χ4n) is 2.16. The molecule has 2 heterocycles. The van der Waals surface area contributed by atoms with Crippen LogP contribution in [0.25, 0.3) is 0 Å². The molecule has 2 rings (SSSR count). The number of hydrogen-bond donors (Lipinski definition) is 1. The molecule has 1 atom stereocenters. The maximum absolute atomic E-state index is 5.54. The SMILES string of the molecule is CC1CN(Cc2csc(CCN)n2)CCN1C. The Labute approximate surface area is 107 Å². The van der Waals surface area contributed by atoms with Gasteiger partial charge in [0.15, 0.2) is 0 Å². The molecule has 0 amide bonds. The molecule has 1 unspecified atom stereocenters. The first-order chi connectivity index (χ1) is 8.19. The number of nitrogens with two attached hydrogens (primary N) is 1. The first-order valence-corrected chi connectivity index (χ1v) is 7.13. The molecule has 1 aromatic rings. The van der Waals surface area contributed by atoms with Crippen molar-refractivity contribution in [1.82, 2.24) is 14.8 Å². The Hall–Kier alpha value is -0.490. The van der Waals surface area contributed by atoms with Crippen molar-refractivity contribution in [3.05, 3.63) is 16.1 Å². The van der Waals surface area contributed by atoms with Crippen LogP contribution < -0.4 is 5.73 Å². The van der Waals surface area contributed by atoms with Crippen molar-refractivity contribution in [3.63, 3.8) is 0 Å². The van der Waals surface area contributed by atoms with E-state index in [1.807, 2.05) is 0 Å². The van der Waals surface area contributed by atoms with Gasteiger partial charge in [0.1, 0.15) is 0 Å². The van der Waals surface area contributed by atoms with Gasteiger partial charge in [-0.3, -0.25) is 4.90 Å². The molecule has 0 radical (unpaired) electrons. The second kappa shape index (κ2) is 5.91. The standard InChI is InChI=1S/C12H22N4S/c1-10-7-16(6-5-15(10)2)8-11-9-17-12(14-11)3-4-13/h9-10H,3-8,13H2,1-2H3. The van der Waals surface area contributed by atoms with Crippen LogP contribution in [0.1, 0.15) is 17.6 Å². The predicted octanol–water partition coefficient (Wildman–Crippen LogP) is 0.780. The summed E-state index contributed by atoms with van der Waals surface area (Å²) < 4.78 is 0. The van der Waals surface area contributed by atoms with Crippen LogP contribution in [0.2, 0.25) is 0 Å². The minimum absolute atomic E-state index is 0.644. The third-order valence-corrected chi connectivity index (χ3v) is 4.34. The summed E-state index contributed by atoms with van der Waals surface area (Å²) in [6.45, 7) is 7.40. The monoisotopic (exact) mass is 254 g/mol. The minimum atomic E-state index is 0.644. The average molecular weight is 254 g/mol. The second-order valence-electron chi connectivity index (χ2n) is 4.84. The van der Waals surface area contributed by atoms with E-state index in [4.69, 9.17) is 5.73 Å². The Morgan fingerprint density at radius 2 is 2.35 bits per heavy atom. The topological polar surface area (TPSA) is 45.4 Å². The number of nitrogens with zero attached hydrogens (tertiary/aromatic N) is 3. The highest BCUT2D eigenvalue weighted by Gasteiger charge is 2.20. The number of aromatic nitrogens is 1. The normalized spacial score (nSPS) is 23.1. The molecule has 1 aliphatic rings. The zero-order valence-electron chi connectivity index (χ0n) is 10.7. The second-order valence-corrected chi connectivity index (χ2v) is 5.78. The molecule has 1 aromatic heterocycles. The van der Waals surface area contributed by atoms with E-state index in [2.05, 4.69) is 34.1 Å². The van der Waals surface area contributed by atoms with E-state index in [1.165, 1.54) is 10.7 Å². The lowest BCUT2D eigenvalue weighted by Crippen LogP contribution is -2.49. The summed E-state index contributed by atoms with van der Waals surface area (Å²) >= 11 is 1.74. The smallest absolute Gasteiger partial charge is 0.0941 e. The molecular weight excluding hydrogens is 232 g/mol. The summed E-state index contributed by atoms with van der Waals surface area (Å²) in [4.78, 5) is 9.53. The van der Waals surface area contributed by atoms with E-state index in [1.54, 1.807) is 11.3 Å². The van der Waals surface area contributed by atoms with Gasteiger partial charge in [0.05, 0.1) is 10.7 Å². The van der Waals surface area contributed by atoms with Crippen molar-refractivity contribution in [3.8, 4) is 0 Å². The van der Waals surface area contributed by atoms with Gasteiger partial charge in [0.25, 0.3) is 0 Å². The van der Waals surface area contributed by atoms with Crippen molar-refractivity contribution in [2.75, 3.05) is 33.2 Å². The van der Waals surface area contributed by atoms with E-state index in [-0.39, 0.29) is 0 Å². The van der Waals surface area contributed by atoms with Crippen LogP contribution in [-0.2, 0) is 13.0 Å². The fourth-order valence-corrected chi connectivity index (χ4v) is 2.96. The van der Waals surface area contributed by atoms with Gasteiger partial charge in [-0.1, -0.05) is 0 Å². The Balaban J connectivity index is 1.87. The lowest BCUT2D eigenvalue weighted by atomic mass is 10.2. The zero-order valence-corrected chi connectivity index (χ0v) is 11.5. The van der Waals surface area contributed by atoms with Crippen LogP contribution in [0, 0.1) is 0 Å². The quantitative estimate of drug-likeness (QED) is 0.862. The summed E-state index contributed by atoms with van der Waals surface area (Å²) in [7, 11) is 2.20. The van der Waals surface area contributed by atoms with Gasteiger partial charge in [-0.25, -0.2) is 4.98 Å². The lowest BCUT2D eigenvalue weighted by molar-refractivity contribution is 0.0992. The summed E-state index contributed by atoms with van der Waals surface area (Å²) in [5.74, 6) is 0. The number of piperazine rings is 1. The maximum atomic E-state index is 5.54. The maximum Gasteiger partial charge on any atom is 0.0941 e. The molecule has 1 aliphatic heterocycles. The number of rotatable bonds is 4. The van der Waals surface area contributed by atoms with Gasteiger partial charge in [0.2, 0.25) is 0 Å². The highest BCUT2D eigenvalue weighted by molar-refractivity contribution is 7.09. The third kappa shape index (κ3) is 3.48. The van der Waals surface area contributed by atoms with E-state index in [0.29, 0.717) is 12.6 Å². The van der Waals surface area contributed by atoms with Crippen LogP contribution in [-0.4, -0.2) is 54.1 Å². The summed E-state index contributed by atoms with van der Waals surface area (Å²) in [5.41, 5.74) is 6.74. The minimum Gasteiger partial charge on any atom is -0.330 e. The van der Waals surface area contributed by atoms with Crippen LogP contribution in [0.4, 0.5) is 0 Å². The molecule has 5 heteroatoms. The number of likely N-dealkylation sites (N-methyl/N-ethyl adjacent to an activating group) is 1. The Morgan fingerprint density at radius 3 is 3.06 bits per heavy atom. The molecule has 17 heavy (non-hydrogen) atoms. The first-order valence-electron chi connectivity index (χ1n) is 6.25. The van der Waals surface area contributed by atoms with E-state index >= 15 is 0 Å². The molecule has 0 saturated carbocycles. The molecule has 1 fully saturated rings. The highest BCUT2D eigenvalue weighted by Crippen LogP contribution is 2.14. The zero-order chi connectivity index (χ0) is 12.3. The number of hydrogen-bond acceptors (Lipinski definition) is 5. The Morgan fingerprint density at radius 1 is 1.53 bits per heavy atom. The van der Waals surface area contributed by atoms with Crippen LogP contribution >= 0.6 is 11.3 Å². The van der Waals surface area contributed by atoms with Gasteiger partial charge >= 0.3 is 0 Å². The first kappa shape index (κ1) is 13.0. The fraction of sp³-hybridized carbons (Fsp3) is 0.750. The van der Waals surface area contributed by atoms with E-state index < -0.39 is 0 Å². The van der Waals surface area contributed by atoms with Crippen LogP contribution in [0.5, 0.6) is 0 Å². The van der Waals surface area contributed by atoms with Gasteiger partial charge in [0, 0.05) is 44.0 Å². The van der Waals surface area contributed by atoms with Crippen molar-refractivity contribution < 1.29 is 0 Å². The molecular formula is C12H22N4S. The van der Waals surface area contributed by atoms with Gasteiger partial charge < -0.3 is 10.6 Å². The molecule has 2 N–H and O–H groups in total. The van der Waals surface area contributed by atoms with Crippen molar-refractivity contribution >= 4 is 11.3 Å². The van der Waals surface area contributed by atoms with Gasteiger partial charge in [-0.2, -0.15) is 0 Å². The summed E-state index contributed by atoms with van der Waals surface area (Å²) in [5, 5.41) is 3.35. The number of thiazole rings is 1. The summed E-state index contributed by atoms with van der Waals surface area (Å²) in [6, 6.07) is 0.644. The van der Waals surface area contributed by atoms with Gasteiger partial charge in [-0.05, 0) is 20.5 Å².